The van der Waals surface area contributed by atoms with Crippen LogP contribution in [0.25, 0.3) is 27.8 Å². The molecule has 2 aliphatic rings. The predicted molar refractivity (Wildman–Crippen MR) is 322 cm³/mol. The Morgan fingerprint density at radius 1 is 0.289 bits per heavy atom. The van der Waals surface area contributed by atoms with Gasteiger partial charge in [-0.2, -0.15) is 0 Å². The van der Waals surface area contributed by atoms with Gasteiger partial charge >= 0.3 is 0 Å². The van der Waals surface area contributed by atoms with Gasteiger partial charge in [0.1, 0.15) is 0 Å². The summed E-state index contributed by atoms with van der Waals surface area (Å²) in [4.78, 5) is 9.35. The van der Waals surface area contributed by atoms with Crippen molar-refractivity contribution >= 4 is 62.4 Å². The fourth-order valence-corrected chi connectivity index (χ4v) is 10.5. The highest BCUT2D eigenvalue weighted by Crippen LogP contribution is 2.43. The minimum Gasteiger partial charge on any atom is -0.334 e. The van der Waals surface area contributed by atoms with Gasteiger partial charge in [0.15, 0.2) is 0 Å². The Morgan fingerprint density at radius 3 is 0.947 bits per heavy atom. The van der Waals surface area contributed by atoms with Gasteiger partial charge in [-0.3, -0.25) is 0 Å². The van der Waals surface area contributed by atoms with E-state index in [4.69, 9.17) is 0 Å². The summed E-state index contributed by atoms with van der Waals surface area (Å²) in [6.07, 6.45) is 14.2. The molecule has 12 rings (SSSR count). The number of hydrogen-bond acceptors (Lipinski definition) is 4. The number of benzene rings is 10. The quantitative estimate of drug-likeness (QED) is 0.101. The van der Waals surface area contributed by atoms with E-state index >= 15 is 0 Å². The van der Waals surface area contributed by atoms with Crippen LogP contribution in [0.1, 0.15) is 12.0 Å². The summed E-state index contributed by atoms with van der Waals surface area (Å²) >= 11 is 0. The number of para-hydroxylation sites is 5. The van der Waals surface area contributed by atoms with Crippen molar-refractivity contribution in [2.45, 2.75) is 12.5 Å². The number of nitrogens with zero attached hydrogens (tertiary/aromatic N) is 4. The van der Waals surface area contributed by atoms with Crippen molar-refractivity contribution in [3.63, 3.8) is 0 Å². The maximum absolute atomic E-state index is 4.63. The molecular weight excluding hydrogens is 921 g/mol. The van der Waals surface area contributed by atoms with E-state index in [0.717, 1.165) is 85.5 Å². The highest BCUT2D eigenvalue weighted by molar-refractivity contribution is 5.92. The molecule has 1 unspecified atom stereocenters. The number of rotatable bonds is 15. The number of hydrogen-bond donors (Lipinski definition) is 0. The Hall–Kier alpha value is -9.90. The summed E-state index contributed by atoms with van der Waals surface area (Å²) in [6.45, 7) is 4.63. The molecule has 4 heteroatoms. The smallest absolute Gasteiger partial charge is 0.0559 e. The van der Waals surface area contributed by atoms with Gasteiger partial charge in [0.05, 0.1) is 11.7 Å². The van der Waals surface area contributed by atoms with Crippen LogP contribution in [0.3, 0.4) is 0 Å². The van der Waals surface area contributed by atoms with Gasteiger partial charge < -0.3 is 19.6 Å². The minimum absolute atomic E-state index is 0.261. The zero-order valence-corrected chi connectivity index (χ0v) is 42.2. The lowest BCUT2D eigenvalue weighted by molar-refractivity contribution is 0.785. The summed E-state index contributed by atoms with van der Waals surface area (Å²) in [5.74, 6) is 0. The average molecular weight is 977 g/mol. The van der Waals surface area contributed by atoms with Crippen molar-refractivity contribution in [2.24, 2.45) is 0 Å². The first-order valence-electron chi connectivity index (χ1n) is 26.0. The normalized spacial score (nSPS) is 13.7. The van der Waals surface area contributed by atoms with Crippen LogP contribution < -0.4 is 19.6 Å². The molecule has 10 aromatic carbocycles. The number of allylic oxidation sites excluding steroid dienone is 5. The van der Waals surface area contributed by atoms with Crippen LogP contribution in [0.5, 0.6) is 0 Å². The van der Waals surface area contributed by atoms with Crippen molar-refractivity contribution < 1.29 is 0 Å². The predicted octanol–water partition coefficient (Wildman–Crippen LogP) is 19.7. The van der Waals surface area contributed by atoms with Gasteiger partial charge in [0, 0.05) is 56.9 Å². The van der Waals surface area contributed by atoms with Crippen LogP contribution >= 0.6 is 0 Å². The van der Waals surface area contributed by atoms with Crippen LogP contribution in [-0.4, -0.2) is 6.04 Å². The van der Waals surface area contributed by atoms with E-state index in [1.54, 1.807) is 0 Å². The lowest BCUT2D eigenvalue weighted by atomic mass is 9.99. The zero-order valence-electron chi connectivity index (χ0n) is 42.2. The first kappa shape index (κ1) is 47.1. The van der Waals surface area contributed by atoms with Crippen molar-refractivity contribution in [2.75, 3.05) is 19.6 Å². The fraction of sp³-hybridized carbons (Fsp3) is 0.0278. The van der Waals surface area contributed by atoms with Gasteiger partial charge in [-0.25, -0.2) is 0 Å². The van der Waals surface area contributed by atoms with Crippen molar-refractivity contribution in [3.8, 4) is 22.3 Å². The van der Waals surface area contributed by atoms with Gasteiger partial charge in [0.2, 0.25) is 0 Å². The highest BCUT2D eigenvalue weighted by Gasteiger charge is 2.24. The van der Waals surface area contributed by atoms with Crippen molar-refractivity contribution in [3.05, 3.63) is 333 Å². The molecule has 0 spiro atoms. The van der Waals surface area contributed by atoms with Gasteiger partial charge in [-0.15, -0.1) is 0 Å². The topological polar surface area (TPSA) is 13.0 Å². The Kier molecular flexibility index (Phi) is 13.4. The Morgan fingerprint density at radius 2 is 0.592 bits per heavy atom. The molecule has 10 aromatic rings. The van der Waals surface area contributed by atoms with E-state index in [9.17, 15) is 0 Å². The second-order valence-corrected chi connectivity index (χ2v) is 19.0. The Labute approximate surface area is 447 Å². The van der Waals surface area contributed by atoms with Gasteiger partial charge in [0.25, 0.3) is 0 Å². The molecule has 0 aliphatic heterocycles. The van der Waals surface area contributed by atoms with E-state index in [-0.39, 0.29) is 6.04 Å². The van der Waals surface area contributed by atoms with Crippen LogP contribution in [0.4, 0.5) is 56.9 Å². The Balaban J connectivity index is 0.769. The van der Waals surface area contributed by atoms with E-state index in [1.165, 1.54) is 22.5 Å². The zero-order chi connectivity index (χ0) is 51.0. The minimum atomic E-state index is 0.261. The Bertz CT molecular complexity index is 3640. The summed E-state index contributed by atoms with van der Waals surface area (Å²) in [5, 5.41) is 0. The molecule has 0 N–H and O–H groups in total. The standard InChI is InChI=1S/C72H56N4/c1-54-71(52-53-72(54)76(64-28-16-6-17-29-64)65-30-18-7-19-31-65)59-40-50-70(51-41-59)75(63-26-14-5-15-27-63)69-48-38-58(39-49-69)57-36-46-68(47-37-57)74(62-24-12-4-13-25-62)67-44-34-56(35-45-67)55-32-42-66(43-33-55)73(60-20-8-2-9-21-60)61-22-10-3-11-23-61/h2-22,24-53,61H,1,23H2. The first-order valence-corrected chi connectivity index (χ1v) is 26.0. The molecule has 2 aliphatic carbocycles. The molecular formula is C72H56N4. The van der Waals surface area contributed by atoms with Crippen LogP contribution in [-0.2, 0) is 0 Å². The molecule has 1 atom stereocenters. The second-order valence-electron chi connectivity index (χ2n) is 19.0. The fourth-order valence-electron chi connectivity index (χ4n) is 10.5. The third-order valence-corrected chi connectivity index (χ3v) is 14.3. The molecule has 76 heavy (non-hydrogen) atoms. The van der Waals surface area contributed by atoms with Crippen LogP contribution in [0.15, 0.2) is 327 Å². The summed E-state index contributed by atoms with van der Waals surface area (Å²) < 4.78 is 0. The van der Waals surface area contributed by atoms with Crippen molar-refractivity contribution in [1.82, 2.24) is 0 Å². The van der Waals surface area contributed by atoms with Gasteiger partial charge in [-0.1, -0.05) is 189 Å². The monoisotopic (exact) mass is 976 g/mol. The SMILES string of the molecule is C=C1C(c2ccc(N(c3ccccc3)c3ccc(-c4ccc(N(c5ccccc5)c5ccc(-c6ccc(N(c7ccccc7)C7C=CC=CC7)cc6)cc5)cc4)cc3)cc2)=CC=C1N(c1ccccc1)c1ccccc1. The summed E-state index contributed by atoms with van der Waals surface area (Å²) in [6, 6.07) is 97.7. The van der Waals surface area contributed by atoms with Gasteiger partial charge in [-0.05, 0) is 173 Å². The third kappa shape index (κ3) is 9.83. The van der Waals surface area contributed by atoms with E-state index in [1.807, 2.05) is 0 Å². The molecule has 0 amide bonds. The van der Waals surface area contributed by atoms with E-state index in [0.29, 0.717) is 0 Å². The largest absolute Gasteiger partial charge is 0.334 e. The lowest BCUT2D eigenvalue weighted by Gasteiger charge is -2.32. The molecule has 4 nitrogen and oxygen atoms in total. The summed E-state index contributed by atoms with van der Waals surface area (Å²) in [7, 11) is 0. The van der Waals surface area contributed by atoms with Crippen molar-refractivity contribution in [1.29, 1.82) is 0 Å². The maximum Gasteiger partial charge on any atom is 0.0559 e. The molecule has 0 saturated heterocycles. The van der Waals surface area contributed by atoms with E-state index < -0.39 is 0 Å². The summed E-state index contributed by atoms with van der Waals surface area (Å²) in [5.41, 5.74) is 20.0. The highest BCUT2D eigenvalue weighted by atomic mass is 15.2. The first-order chi connectivity index (χ1) is 37.6. The van der Waals surface area contributed by atoms with E-state index in [2.05, 4.69) is 336 Å². The molecule has 0 radical (unpaired) electrons. The molecule has 0 fully saturated rings. The average Bonchev–Trinajstić information content (AvgIpc) is 3.88. The number of anilines is 10. The lowest BCUT2D eigenvalue weighted by Crippen LogP contribution is -2.29. The molecule has 0 heterocycles. The maximum atomic E-state index is 4.63. The van der Waals surface area contributed by atoms with Crippen LogP contribution in [0.2, 0.25) is 0 Å². The van der Waals surface area contributed by atoms with Crippen LogP contribution in [0, 0.1) is 0 Å². The third-order valence-electron chi connectivity index (χ3n) is 14.3. The molecule has 0 saturated carbocycles. The molecule has 0 aromatic heterocycles. The molecule has 0 bridgehead atoms. The second kappa shape index (κ2) is 21.7. The molecule has 364 valence electrons.